The van der Waals surface area contributed by atoms with Crippen LogP contribution in [-0.2, 0) is 6.42 Å². The highest BCUT2D eigenvalue weighted by molar-refractivity contribution is 9.10. The molecule has 26 heavy (non-hydrogen) atoms. The van der Waals surface area contributed by atoms with Gasteiger partial charge in [-0.15, -0.1) is 22.7 Å². The van der Waals surface area contributed by atoms with Crippen LogP contribution in [0.3, 0.4) is 0 Å². The molecule has 130 valence electrons. The summed E-state index contributed by atoms with van der Waals surface area (Å²) in [4.78, 5) is 18.5. The molecule has 0 unspecified atom stereocenters. The van der Waals surface area contributed by atoms with Crippen LogP contribution in [0.2, 0.25) is 0 Å². The van der Waals surface area contributed by atoms with Gasteiger partial charge in [0.25, 0.3) is 5.91 Å². The first kappa shape index (κ1) is 17.1. The maximum atomic E-state index is 12.4. The second kappa shape index (κ2) is 7.53. The summed E-state index contributed by atoms with van der Waals surface area (Å²) >= 11 is 6.32. The van der Waals surface area contributed by atoms with Crippen molar-refractivity contribution in [2.75, 3.05) is 5.32 Å². The molecular weight excluding hydrogens is 434 g/mol. The second-order valence-electron chi connectivity index (χ2n) is 5.41. The maximum absolute atomic E-state index is 12.4. The van der Waals surface area contributed by atoms with E-state index in [4.69, 9.17) is 4.52 Å². The number of anilines is 1. The van der Waals surface area contributed by atoms with Gasteiger partial charge in [-0.05, 0) is 45.1 Å². The van der Waals surface area contributed by atoms with Crippen LogP contribution >= 0.6 is 38.6 Å². The van der Waals surface area contributed by atoms with Crippen LogP contribution < -0.4 is 5.32 Å². The Hall–Kier alpha value is -2.29. The number of thiophene rings is 2. The fourth-order valence-electron chi connectivity index (χ4n) is 2.41. The van der Waals surface area contributed by atoms with E-state index in [2.05, 4.69) is 31.4 Å². The molecule has 0 spiro atoms. The smallest absolute Gasteiger partial charge is 0.265 e. The highest BCUT2D eigenvalue weighted by Crippen LogP contribution is 2.25. The number of benzene rings is 1. The molecule has 0 radical (unpaired) electrons. The van der Waals surface area contributed by atoms with E-state index >= 15 is 0 Å². The molecule has 0 saturated heterocycles. The van der Waals surface area contributed by atoms with Gasteiger partial charge in [0.05, 0.1) is 16.2 Å². The molecule has 8 heteroatoms. The first-order valence-electron chi connectivity index (χ1n) is 7.69. The van der Waals surface area contributed by atoms with Crippen molar-refractivity contribution < 1.29 is 9.32 Å². The van der Waals surface area contributed by atoms with Crippen molar-refractivity contribution in [3.05, 3.63) is 74.0 Å². The van der Waals surface area contributed by atoms with E-state index in [9.17, 15) is 4.79 Å². The molecule has 0 aliphatic rings. The van der Waals surface area contributed by atoms with Gasteiger partial charge in [-0.3, -0.25) is 4.79 Å². The first-order valence-corrected chi connectivity index (χ1v) is 10.2. The van der Waals surface area contributed by atoms with Crippen molar-refractivity contribution in [2.24, 2.45) is 0 Å². The molecule has 0 saturated carbocycles. The normalized spacial score (nSPS) is 10.8. The summed E-state index contributed by atoms with van der Waals surface area (Å²) in [6, 6.07) is 13.3. The lowest BCUT2D eigenvalue weighted by Crippen LogP contribution is -2.12. The molecule has 0 fully saturated rings. The third-order valence-corrected chi connectivity index (χ3v) is 6.16. The molecule has 0 bridgehead atoms. The predicted molar refractivity (Wildman–Crippen MR) is 107 cm³/mol. The Morgan fingerprint density at radius 1 is 1.19 bits per heavy atom. The van der Waals surface area contributed by atoms with Gasteiger partial charge < -0.3 is 9.84 Å². The fourth-order valence-corrected chi connectivity index (χ4v) is 4.38. The van der Waals surface area contributed by atoms with Crippen LogP contribution in [0.5, 0.6) is 0 Å². The topological polar surface area (TPSA) is 68.0 Å². The van der Waals surface area contributed by atoms with Crippen LogP contribution in [0.15, 0.2) is 62.2 Å². The minimum absolute atomic E-state index is 0.141. The van der Waals surface area contributed by atoms with Crippen molar-refractivity contribution in [3.63, 3.8) is 0 Å². The number of amides is 1. The number of hydrogen-bond acceptors (Lipinski definition) is 6. The standard InChI is InChI=1S/C18H12BrN3O2S2/c19-12-9-15(26-10-12)18(23)20-13-5-2-1-4-11(13)8-16-21-17(22-24-16)14-6-3-7-25-14/h1-7,9-10H,8H2,(H,20,23). The number of para-hydroxylation sites is 1. The highest BCUT2D eigenvalue weighted by atomic mass is 79.9. The van der Waals surface area contributed by atoms with Gasteiger partial charge in [0.15, 0.2) is 0 Å². The van der Waals surface area contributed by atoms with Crippen molar-refractivity contribution in [2.45, 2.75) is 6.42 Å². The quantitative estimate of drug-likeness (QED) is 0.442. The Balaban J connectivity index is 1.53. The zero-order valence-electron chi connectivity index (χ0n) is 13.3. The molecule has 0 aliphatic heterocycles. The first-order chi connectivity index (χ1) is 12.7. The largest absolute Gasteiger partial charge is 0.339 e. The minimum atomic E-state index is -0.141. The summed E-state index contributed by atoms with van der Waals surface area (Å²) in [6.07, 6.45) is 0.447. The van der Waals surface area contributed by atoms with Crippen molar-refractivity contribution in [3.8, 4) is 10.7 Å². The number of nitrogens with one attached hydrogen (secondary N) is 1. The van der Waals surface area contributed by atoms with Crippen LogP contribution in [0, 0.1) is 0 Å². The van der Waals surface area contributed by atoms with Crippen molar-refractivity contribution in [1.29, 1.82) is 0 Å². The number of hydrogen-bond donors (Lipinski definition) is 1. The van der Waals surface area contributed by atoms with Gasteiger partial charge in [0.1, 0.15) is 0 Å². The average Bonchev–Trinajstić information content (AvgIpc) is 3.37. The van der Waals surface area contributed by atoms with Crippen LogP contribution in [0.1, 0.15) is 21.1 Å². The van der Waals surface area contributed by atoms with E-state index in [1.807, 2.05) is 47.2 Å². The van der Waals surface area contributed by atoms with E-state index in [0.717, 1.165) is 20.6 Å². The van der Waals surface area contributed by atoms with Gasteiger partial charge in [-0.2, -0.15) is 4.98 Å². The summed E-state index contributed by atoms with van der Waals surface area (Å²) in [6.45, 7) is 0. The zero-order valence-corrected chi connectivity index (χ0v) is 16.5. The van der Waals surface area contributed by atoms with Gasteiger partial charge >= 0.3 is 0 Å². The average molecular weight is 446 g/mol. The van der Waals surface area contributed by atoms with Crippen LogP contribution in [0.25, 0.3) is 10.7 Å². The van der Waals surface area contributed by atoms with E-state index in [1.54, 1.807) is 17.4 Å². The van der Waals surface area contributed by atoms with E-state index in [0.29, 0.717) is 23.0 Å². The Kier molecular flexibility index (Phi) is 4.96. The lowest BCUT2D eigenvalue weighted by Gasteiger charge is -2.08. The molecule has 1 aromatic carbocycles. The molecule has 0 aliphatic carbocycles. The maximum Gasteiger partial charge on any atom is 0.265 e. The SMILES string of the molecule is O=C(Nc1ccccc1Cc1nc(-c2cccs2)no1)c1cc(Br)cs1. The van der Waals surface area contributed by atoms with Gasteiger partial charge in [0.2, 0.25) is 11.7 Å². The fraction of sp³-hybridized carbons (Fsp3) is 0.0556. The van der Waals surface area contributed by atoms with Crippen molar-refractivity contribution in [1.82, 2.24) is 10.1 Å². The summed E-state index contributed by atoms with van der Waals surface area (Å²) in [5.74, 6) is 0.951. The third kappa shape index (κ3) is 3.77. The monoisotopic (exact) mass is 445 g/mol. The molecule has 5 nitrogen and oxygen atoms in total. The number of nitrogens with zero attached hydrogens (tertiary/aromatic N) is 2. The Bertz CT molecular complexity index is 1040. The molecule has 4 aromatic rings. The van der Waals surface area contributed by atoms with Gasteiger partial charge in [-0.1, -0.05) is 29.4 Å². The molecule has 3 aromatic heterocycles. The van der Waals surface area contributed by atoms with E-state index in [1.165, 1.54) is 11.3 Å². The number of rotatable bonds is 5. The van der Waals surface area contributed by atoms with E-state index < -0.39 is 0 Å². The summed E-state index contributed by atoms with van der Waals surface area (Å²) in [5, 5.41) is 10.8. The minimum Gasteiger partial charge on any atom is -0.339 e. The Morgan fingerprint density at radius 3 is 2.85 bits per heavy atom. The van der Waals surface area contributed by atoms with Gasteiger partial charge in [0, 0.05) is 15.5 Å². The number of carbonyl (C=O) groups is 1. The van der Waals surface area contributed by atoms with Crippen LogP contribution in [-0.4, -0.2) is 16.0 Å². The summed E-state index contributed by atoms with van der Waals surface area (Å²) < 4.78 is 6.27. The molecule has 3 heterocycles. The molecule has 4 rings (SSSR count). The summed E-state index contributed by atoms with van der Waals surface area (Å²) in [7, 11) is 0. The molecular formula is C18H12BrN3O2S2. The molecule has 0 atom stereocenters. The molecule has 1 amide bonds. The highest BCUT2D eigenvalue weighted by Gasteiger charge is 2.14. The second-order valence-corrected chi connectivity index (χ2v) is 8.18. The van der Waals surface area contributed by atoms with Gasteiger partial charge in [-0.25, -0.2) is 0 Å². The Labute approximate surface area is 165 Å². The predicted octanol–water partition coefficient (Wildman–Crippen LogP) is 5.47. The number of halogens is 1. The summed E-state index contributed by atoms with van der Waals surface area (Å²) in [5.41, 5.74) is 1.65. The van der Waals surface area contributed by atoms with Crippen molar-refractivity contribution >= 4 is 50.2 Å². The zero-order chi connectivity index (χ0) is 17.9. The molecule has 1 N–H and O–H groups in total. The third-order valence-electron chi connectivity index (χ3n) is 3.61. The van der Waals surface area contributed by atoms with E-state index in [-0.39, 0.29) is 5.91 Å². The Morgan fingerprint density at radius 2 is 2.08 bits per heavy atom. The number of carbonyl (C=O) groups excluding carboxylic acids is 1. The lowest BCUT2D eigenvalue weighted by atomic mass is 10.1. The van der Waals surface area contributed by atoms with Crippen LogP contribution in [0.4, 0.5) is 5.69 Å². The lowest BCUT2D eigenvalue weighted by molar-refractivity contribution is 0.103. The number of aromatic nitrogens is 2.